The first kappa shape index (κ1) is 20.1. The second-order valence-electron chi connectivity index (χ2n) is 6.82. The summed E-state index contributed by atoms with van der Waals surface area (Å²) in [5, 5.41) is 16.4. The molecule has 0 aliphatic carbocycles. The van der Waals surface area contributed by atoms with Gasteiger partial charge in [-0.15, -0.1) is 0 Å². The number of carbonyl (C=O) groups excluding carboxylic acids is 1. The Hall–Kier alpha value is -3.68. The lowest BCUT2D eigenvalue weighted by atomic mass is 10.0. The summed E-state index contributed by atoms with van der Waals surface area (Å²) in [4.78, 5) is 41.8. The highest BCUT2D eigenvalue weighted by atomic mass is 16.3. The average molecular weight is 398 g/mol. The number of amides is 1. The zero-order valence-corrected chi connectivity index (χ0v) is 16.4. The lowest BCUT2D eigenvalue weighted by Crippen LogP contribution is -2.37. The SMILES string of the molecule is CCC(Nc1c(Nc2cccc(C(=O)N(C)C)c2O)c(=O)c1=O)c1ccncc1.[HH].[HH]. The van der Waals surface area contributed by atoms with E-state index in [4.69, 9.17) is 0 Å². The fourth-order valence-corrected chi connectivity index (χ4v) is 3.03. The van der Waals surface area contributed by atoms with E-state index in [1.165, 1.54) is 17.0 Å². The van der Waals surface area contributed by atoms with Gasteiger partial charge in [-0.05, 0) is 36.2 Å². The van der Waals surface area contributed by atoms with Gasteiger partial charge in [0.1, 0.15) is 11.4 Å². The smallest absolute Gasteiger partial charge is 0.257 e. The van der Waals surface area contributed by atoms with Crippen LogP contribution in [0.2, 0.25) is 0 Å². The number of carbonyl (C=O) groups is 1. The molecular weight excluding hydrogens is 372 g/mol. The van der Waals surface area contributed by atoms with Gasteiger partial charge in [0, 0.05) is 29.3 Å². The second-order valence-corrected chi connectivity index (χ2v) is 6.82. The van der Waals surface area contributed by atoms with Crippen LogP contribution in [0.3, 0.4) is 0 Å². The van der Waals surface area contributed by atoms with E-state index in [2.05, 4.69) is 15.6 Å². The van der Waals surface area contributed by atoms with Crippen molar-refractivity contribution in [2.24, 2.45) is 0 Å². The Bertz CT molecular complexity index is 1110. The van der Waals surface area contributed by atoms with Crippen LogP contribution in [0.5, 0.6) is 5.75 Å². The fraction of sp³-hybridized carbons (Fsp3) is 0.238. The molecule has 0 saturated carbocycles. The summed E-state index contributed by atoms with van der Waals surface area (Å²) in [7, 11) is 3.15. The number of hydrogen-bond acceptors (Lipinski definition) is 7. The third-order valence-electron chi connectivity index (χ3n) is 4.68. The molecule has 8 heteroatoms. The molecule has 0 saturated heterocycles. The number of nitrogens with zero attached hydrogens (tertiary/aromatic N) is 2. The van der Waals surface area contributed by atoms with Gasteiger partial charge in [-0.1, -0.05) is 13.0 Å². The Kier molecular flexibility index (Phi) is 5.63. The average Bonchev–Trinajstić information content (AvgIpc) is 2.74. The van der Waals surface area contributed by atoms with Crippen molar-refractivity contribution in [3.63, 3.8) is 0 Å². The Morgan fingerprint density at radius 2 is 1.79 bits per heavy atom. The molecule has 154 valence electrons. The summed E-state index contributed by atoms with van der Waals surface area (Å²) < 4.78 is 0. The van der Waals surface area contributed by atoms with Gasteiger partial charge >= 0.3 is 0 Å². The minimum Gasteiger partial charge on any atom is -0.505 e. The van der Waals surface area contributed by atoms with Gasteiger partial charge in [0.2, 0.25) is 0 Å². The number of para-hydroxylation sites is 1. The molecule has 0 aliphatic heterocycles. The van der Waals surface area contributed by atoms with Crippen molar-refractivity contribution >= 4 is 23.0 Å². The van der Waals surface area contributed by atoms with Crippen LogP contribution >= 0.6 is 0 Å². The minimum atomic E-state index is -0.680. The van der Waals surface area contributed by atoms with E-state index in [0.717, 1.165) is 5.56 Å². The summed E-state index contributed by atoms with van der Waals surface area (Å²) >= 11 is 0. The molecule has 1 amide bonds. The molecule has 1 aromatic heterocycles. The molecule has 2 aromatic carbocycles. The molecule has 0 bridgehead atoms. The van der Waals surface area contributed by atoms with Crippen molar-refractivity contribution in [1.82, 2.24) is 9.88 Å². The van der Waals surface area contributed by atoms with E-state index in [1.54, 1.807) is 32.6 Å². The molecule has 0 fully saturated rings. The van der Waals surface area contributed by atoms with Gasteiger partial charge < -0.3 is 20.6 Å². The standard InChI is InChI=1S/C21H22N4O4.2H2/c1-4-14(12-8-10-22-11-9-12)23-16-17(20(28)19(16)27)24-15-7-5-6-13(18(15)26)21(29)25(2)3;;/h5-11,14,23-24,26H,4H2,1-3H3;2*1H. The van der Waals surface area contributed by atoms with Gasteiger partial charge in [0.15, 0.2) is 5.75 Å². The highest BCUT2D eigenvalue weighted by Gasteiger charge is 2.25. The third kappa shape index (κ3) is 3.82. The number of pyridine rings is 1. The molecule has 29 heavy (non-hydrogen) atoms. The van der Waals surface area contributed by atoms with Crippen molar-refractivity contribution in [3.05, 3.63) is 74.3 Å². The van der Waals surface area contributed by atoms with Crippen molar-refractivity contribution in [1.29, 1.82) is 0 Å². The largest absolute Gasteiger partial charge is 0.505 e. The molecule has 1 atom stereocenters. The highest BCUT2D eigenvalue weighted by Crippen LogP contribution is 2.33. The first-order valence-corrected chi connectivity index (χ1v) is 9.15. The number of hydrogen-bond donors (Lipinski definition) is 3. The first-order chi connectivity index (χ1) is 13.8. The Morgan fingerprint density at radius 3 is 2.41 bits per heavy atom. The Morgan fingerprint density at radius 1 is 1.14 bits per heavy atom. The number of phenols is 1. The van der Waals surface area contributed by atoms with Crippen molar-refractivity contribution in [2.45, 2.75) is 19.4 Å². The van der Waals surface area contributed by atoms with E-state index in [0.29, 0.717) is 6.42 Å². The second kappa shape index (κ2) is 8.14. The van der Waals surface area contributed by atoms with Crippen molar-refractivity contribution < 1.29 is 12.8 Å². The maximum absolute atomic E-state index is 12.2. The Balaban J connectivity index is 0.00000240. The number of phenolic OH excluding ortho intramolecular Hbond substituents is 1. The summed E-state index contributed by atoms with van der Waals surface area (Å²) in [6, 6.07) is 8.09. The van der Waals surface area contributed by atoms with Crippen LogP contribution in [-0.4, -0.2) is 35.0 Å². The number of aromatic nitrogens is 1. The van der Waals surface area contributed by atoms with E-state index in [-0.39, 0.29) is 43.2 Å². The van der Waals surface area contributed by atoms with Crippen LogP contribution in [0.4, 0.5) is 17.1 Å². The molecular formula is C21H26N4O4. The summed E-state index contributed by atoms with van der Waals surface area (Å²) in [5.41, 5.74) is 0.111. The van der Waals surface area contributed by atoms with Crippen LogP contribution in [0.1, 0.15) is 38.2 Å². The van der Waals surface area contributed by atoms with Gasteiger partial charge in [0.25, 0.3) is 16.8 Å². The van der Waals surface area contributed by atoms with Crippen LogP contribution in [0.25, 0.3) is 0 Å². The van der Waals surface area contributed by atoms with E-state index in [9.17, 15) is 19.5 Å². The fourth-order valence-electron chi connectivity index (χ4n) is 3.03. The van der Waals surface area contributed by atoms with Gasteiger partial charge in [0.05, 0.1) is 17.3 Å². The predicted molar refractivity (Wildman–Crippen MR) is 116 cm³/mol. The van der Waals surface area contributed by atoms with Crippen molar-refractivity contribution in [2.75, 3.05) is 24.7 Å². The monoisotopic (exact) mass is 398 g/mol. The van der Waals surface area contributed by atoms with Crippen LogP contribution in [0.15, 0.2) is 52.3 Å². The number of aromatic hydroxyl groups is 1. The molecule has 3 rings (SSSR count). The molecule has 8 nitrogen and oxygen atoms in total. The van der Waals surface area contributed by atoms with Crippen molar-refractivity contribution in [3.8, 4) is 5.75 Å². The first-order valence-electron chi connectivity index (χ1n) is 9.15. The zero-order chi connectivity index (χ0) is 21.1. The molecule has 0 spiro atoms. The molecule has 0 aliphatic rings. The third-order valence-corrected chi connectivity index (χ3v) is 4.68. The molecule has 0 radical (unpaired) electrons. The number of nitrogens with one attached hydrogen (secondary N) is 2. The molecule has 1 unspecified atom stereocenters. The van der Waals surface area contributed by atoms with Gasteiger partial charge in [-0.2, -0.15) is 0 Å². The summed E-state index contributed by atoms with van der Waals surface area (Å²) in [5.74, 6) is -0.662. The number of anilines is 3. The quantitative estimate of drug-likeness (QED) is 0.414. The summed E-state index contributed by atoms with van der Waals surface area (Å²) in [6.45, 7) is 1.96. The molecule has 1 heterocycles. The van der Waals surface area contributed by atoms with E-state index < -0.39 is 10.9 Å². The van der Waals surface area contributed by atoms with Crippen LogP contribution in [0, 0.1) is 0 Å². The maximum atomic E-state index is 12.2. The van der Waals surface area contributed by atoms with Crippen LogP contribution < -0.4 is 21.5 Å². The van der Waals surface area contributed by atoms with Gasteiger partial charge in [-0.25, -0.2) is 0 Å². The van der Waals surface area contributed by atoms with Crippen LogP contribution in [-0.2, 0) is 0 Å². The zero-order valence-electron chi connectivity index (χ0n) is 16.4. The highest BCUT2D eigenvalue weighted by molar-refractivity contribution is 5.99. The van der Waals surface area contributed by atoms with E-state index >= 15 is 0 Å². The summed E-state index contributed by atoms with van der Waals surface area (Å²) in [6.07, 6.45) is 4.00. The predicted octanol–water partition coefficient (Wildman–Crippen LogP) is 2.88. The number of rotatable bonds is 7. The van der Waals surface area contributed by atoms with Gasteiger partial charge in [-0.3, -0.25) is 19.4 Å². The topological polar surface area (TPSA) is 112 Å². The Labute approximate surface area is 170 Å². The maximum Gasteiger partial charge on any atom is 0.257 e. The molecule has 3 aromatic rings. The number of benzene rings is 1. The minimum absolute atomic E-state index is 0. The normalized spacial score (nSPS) is 11.8. The lowest BCUT2D eigenvalue weighted by Gasteiger charge is -2.22. The van der Waals surface area contributed by atoms with E-state index in [1.807, 2.05) is 19.1 Å². The molecule has 3 N–H and O–H groups in total. The lowest BCUT2D eigenvalue weighted by molar-refractivity contribution is 0.0824.